The van der Waals surface area contributed by atoms with E-state index in [1.165, 1.54) is 19.4 Å². The number of ketones is 1. The van der Waals surface area contributed by atoms with E-state index in [2.05, 4.69) is 13.0 Å². The third-order valence-electron chi connectivity index (χ3n) is 9.15. The number of hydrogen-bond donors (Lipinski definition) is 2. The quantitative estimate of drug-likeness (QED) is 0.559. The Morgan fingerprint density at radius 2 is 1.86 bits per heavy atom. The summed E-state index contributed by atoms with van der Waals surface area (Å²) in [6.07, 6.45) is 7.21. The number of aliphatic hydroxyl groups excluding tert-OH is 1. The van der Waals surface area contributed by atoms with Gasteiger partial charge in [0, 0.05) is 18.8 Å². The largest absolute Gasteiger partial charge is 0.462 e. The molecule has 0 aromatic rings. The number of carbonyl (C=O) groups excluding carboxylic acids is 2. The van der Waals surface area contributed by atoms with Crippen molar-refractivity contribution >= 4 is 11.8 Å². The Balaban J connectivity index is 1.64. The molecule has 5 heteroatoms. The van der Waals surface area contributed by atoms with Gasteiger partial charge >= 0.3 is 5.97 Å². The summed E-state index contributed by atoms with van der Waals surface area (Å²) in [5.74, 6) is 0.505. The van der Waals surface area contributed by atoms with Crippen molar-refractivity contribution in [3.05, 3.63) is 11.6 Å². The predicted octanol–water partition coefficient (Wildman–Crippen LogP) is 3.17. The topological polar surface area (TPSA) is 83.8 Å². The van der Waals surface area contributed by atoms with Crippen LogP contribution in [0.5, 0.6) is 0 Å². The number of rotatable bonds is 2. The summed E-state index contributed by atoms with van der Waals surface area (Å²) in [6.45, 7) is 7.26. The van der Waals surface area contributed by atoms with E-state index in [-0.39, 0.29) is 29.2 Å². The first-order chi connectivity index (χ1) is 13.0. The van der Waals surface area contributed by atoms with Crippen molar-refractivity contribution in [3.63, 3.8) is 0 Å². The van der Waals surface area contributed by atoms with Crippen molar-refractivity contribution in [1.29, 1.82) is 0 Å². The van der Waals surface area contributed by atoms with Crippen LogP contribution in [0.25, 0.3) is 0 Å². The molecule has 0 aliphatic heterocycles. The molecule has 0 aromatic heterocycles. The van der Waals surface area contributed by atoms with E-state index in [9.17, 15) is 19.8 Å². The van der Waals surface area contributed by atoms with Crippen LogP contribution in [0, 0.1) is 28.6 Å². The zero-order valence-electron chi connectivity index (χ0n) is 17.5. The van der Waals surface area contributed by atoms with Gasteiger partial charge in [0.05, 0.1) is 6.10 Å². The number of ether oxygens (including phenoxy) is 1. The average molecular weight is 391 g/mol. The van der Waals surface area contributed by atoms with Crippen molar-refractivity contribution in [3.8, 4) is 0 Å². The summed E-state index contributed by atoms with van der Waals surface area (Å²) >= 11 is 0. The first kappa shape index (κ1) is 20.1. The van der Waals surface area contributed by atoms with Gasteiger partial charge in [-0.05, 0) is 68.6 Å². The van der Waals surface area contributed by atoms with Gasteiger partial charge < -0.3 is 14.9 Å². The Labute approximate surface area is 167 Å². The molecule has 4 rings (SSSR count). The fourth-order valence-corrected chi connectivity index (χ4v) is 7.62. The molecule has 28 heavy (non-hydrogen) atoms. The molecule has 0 amide bonds. The van der Waals surface area contributed by atoms with Crippen LogP contribution >= 0.6 is 0 Å². The van der Waals surface area contributed by atoms with Crippen LogP contribution in [-0.2, 0) is 14.3 Å². The van der Waals surface area contributed by atoms with Gasteiger partial charge in [0.1, 0.15) is 6.10 Å². The number of Topliss-reactive ketones (excluding diaryl/α,β-unsaturated/α-hetero) is 1. The van der Waals surface area contributed by atoms with Crippen molar-refractivity contribution in [2.45, 2.75) is 90.4 Å². The Bertz CT molecular complexity index is 729. The second kappa shape index (κ2) is 6.40. The Morgan fingerprint density at radius 3 is 2.50 bits per heavy atom. The van der Waals surface area contributed by atoms with Gasteiger partial charge in [-0.2, -0.15) is 0 Å². The molecule has 0 bridgehead atoms. The van der Waals surface area contributed by atoms with Gasteiger partial charge in [-0.3, -0.25) is 9.59 Å². The number of aliphatic hydroxyl groups is 2. The van der Waals surface area contributed by atoms with Gasteiger partial charge in [0.25, 0.3) is 0 Å². The van der Waals surface area contributed by atoms with E-state index < -0.39 is 17.1 Å². The number of esters is 1. The molecule has 0 aromatic carbocycles. The lowest BCUT2D eigenvalue weighted by Crippen LogP contribution is -2.59. The Morgan fingerprint density at radius 1 is 1.14 bits per heavy atom. The molecule has 0 saturated heterocycles. The fourth-order valence-electron chi connectivity index (χ4n) is 7.62. The number of fused-ring (bicyclic) bond motifs is 5. The van der Waals surface area contributed by atoms with Gasteiger partial charge in [-0.15, -0.1) is 0 Å². The van der Waals surface area contributed by atoms with Crippen LogP contribution in [0.4, 0.5) is 0 Å². The van der Waals surface area contributed by atoms with E-state index in [4.69, 9.17) is 4.74 Å². The molecular weight excluding hydrogens is 356 g/mol. The standard InChI is InChI=1S/C23H34O5/c1-13(24)23(27)20(26)12-19-17-6-5-15-11-16(28-14(2)25)7-9-21(15,3)18(17)8-10-22(19,23)4/h5,16-20,26-27H,6-12H2,1-4H3/t16?,17-,18+,19+,20?,21+,22+,23-/m1/s1. The lowest BCUT2D eigenvalue weighted by atomic mass is 9.46. The van der Waals surface area contributed by atoms with Gasteiger partial charge in [0.15, 0.2) is 11.4 Å². The van der Waals surface area contributed by atoms with Gasteiger partial charge in [0.2, 0.25) is 0 Å². The Hall–Kier alpha value is -1.20. The molecule has 3 fully saturated rings. The highest BCUT2D eigenvalue weighted by Gasteiger charge is 2.68. The predicted molar refractivity (Wildman–Crippen MR) is 104 cm³/mol. The van der Waals surface area contributed by atoms with Crippen LogP contribution in [0.15, 0.2) is 11.6 Å². The third kappa shape index (κ3) is 2.51. The molecule has 4 aliphatic carbocycles. The zero-order chi connectivity index (χ0) is 20.5. The van der Waals surface area contributed by atoms with Gasteiger partial charge in [-0.1, -0.05) is 25.5 Å². The number of hydrogen-bond acceptors (Lipinski definition) is 5. The monoisotopic (exact) mass is 390 g/mol. The van der Waals surface area contributed by atoms with Crippen LogP contribution in [0.3, 0.4) is 0 Å². The molecule has 0 radical (unpaired) electrons. The Kier molecular flexibility index (Phi) is 4.59. The van der Waals surface area contributed by atoms with Crippen LogP contribution in [0.2, 0.25) is 0 Å². The minimum atomic E-state index is -1.62. The van der Waals surface area contributed by atoms with E-state index in [1.54, 1.807) is 0 Å². The average Bonchev–Trinajstić information content (AvgIpc) is 2.83. The highest BCUT2D eigenvalue weighted by atomic mass is 16.5. The maximum atomic E-state index is 12.4. The summed E-state index contributed by atoms with van der Waals surface area (Å²) in [5.41, 5.74) is -0.686. The molecule has 8 atom stereocenters. The second-order valence-corrected chi connectivity index (χ2v) is 10.3. The van der Waals surface area contributed by atoms with Crippen molar-refractivity contribution < 1.29 is 24.5 Å². The molecule has 4 aliphatic rings. The first-order valence-corrected chi connectivity index (χ1v) is 10.8. The van der Waals surface area contributed by atoms with Crippen molar-refractivity contribution in [1.82, 2.24) is 0 Å². The second-order valence-electron chi connectivity index (χ2n) is 10.3. The zero-order valence-corrected chi connectivity index (χ0v) is 17.5. The molecule has 0 heterocycles. The highest BCUT2D eigenvalue weighted by molar-refractivity contribution is 5.87. The van der Waals surface area contributed by atoms with E-state index in [1.807, 2.05) is 6.92 Å². The minimum Gasteiger partial charge on any atom is -0.462 e. The third-order valence-corrected chi connectivity index (χ3v) is 9.15. The highest BCUT2D eigenvalue weighted by Crippen LogP contribution is 2.67. The van der Waals surface area contributed by atoms with E-state index in [0.29, 0.717) is 18.3 Å². The minimum absolute atomic E-state index is 0.0154. The molecular formula is C23H34O5. The molecule has 2 unspecified atom stereocenters. The fraction of sp³-hybridized carbons (Fsp3) is 0.826. The van der Waals surface area contributed by atoms with Gasteiger partial charge in [-0.25, -0.2) is 0 Å². The number of allylic oxidation sites excluding steroid dienone is 1. The van der Waals surface area contributed by atoms with E-state index >= 15 is 0 Å². The molecule has 3 saturated carbocycles. The smallest absolute Gasteiger partial charge is 0.302 e. The number of carbonyl (C=O) groups is 2. The lowest BCUT2D eigenvalue weighted by molar-refractivity contribution is -0.173. The van der Waals surface area contributed by atoms with Crippen molar-refractivity contribution in [2.75, 3.05) is 0 Å². The van der Waals surface area contributed by atoms with Crippen molar-refractivity contribution in [2.24, 2.45) is 28.6 Å². The summed E-state index contributed by atoms with van der Waals surface area (Å²) in [5, 5.41) is 21.9. The van der Waals surface area contributed by atoms with Crippen LogP contribution in [-0.4, -0.2) is 39.8 Å². The molecule has 2 N–H and O–H groups in total. The lowest BCUT2D eigenvalue weighted by Gasteiger charge is -2.58. The first-order valence-electron chi connectivity index (χ1n) is 10.8. The molecule has 5 nitrogen and oxygen atoms in total. The molecule has 156 valence electrons. The summed E-state index contributed by atoms with van der Waals surface area (Å²) in [4.78, 5) is 23.7. The summed E-state index contributed by atoms with van der Waals surface area (Å²) in [6, 6.07) is 0. The van der Waals surface area contributed by atoms with E-state index in [0.717, 1.165) is 38.5 Å². The SMILES string of the molecule is CC(=O)OC1CC[C@@]2(C)C(=CC[C@@H]3[C@@H]2CC[C@@]2(C)[C@H]3CC(O)[C@]2(O)C(C)=O)C1. The molecule has 0 spiro atoms. The summed E-state index contributed by atoms with van der Waals surface area (Å²) in [7, 11) is 0. The van der Waals surface area contributed by atoms with Crippen LogP contribution in [0.1, 0.15) is 72.6 Å². The maximum Gasteiger partial charge on any atom is 0.302 e. The normalized spacial score (nSPS) is 50.1. The summed E-state index contributed by atoms with van der Waals surface area (Å²) < 4.78 is 5.49. The maximum absolute atomic E-state index is 12.4. The van der Waals surface area contributed by atoms with Crippen LogP contribution < -0.4 is 0 Å².